The maximum atomic E-state index is 12.3. The first kappa shape index (κ1) is 26.2. The molecule has 0 bridgehead atoms. The van der Waals surface area contributed by atoms with Gasteiger partial charge in [-0.25, -0.2) is 9.59 Å². The van der Waals surface area contributed by atoms with Crippen molar-refractivity contribution in [2.45, 2.75) is 27.2 Å². The normalized spacial score (nSPS) is 9.28. The third-order valence-electron chi connectivity index (χ3n) is 3.74. The van der Waals surface area contributed by atoms with Crippen LogP contribution in [0.4, 0.5) is 0 Å². The average Bonchev–Trinajstić information content (AvgIpc) is 2.80. The summed E-state index contributed by atoms with van der Waals surface area (Å²) in [6.07, 6.45) is 3.03. The first-order valence-corrected chi connectivity index (χ1v) is 10.1. The number of aldehydes is 1. The number of methoxy groups -OCH3 is 2. The number of carbonyl (C=O) groups is 3. The lowest BCUT2D eigenvalue weighted by molar-refractivity contribution is -0.139. The molecule has 0 radical (unpaired) electrons. The summed E-state index contributed by atoms with van der Waals surface area (Å²) < 4.78 is 20.5. The molecule has 0 amide bonds. The summed E-state index contributed by atoms with van der Waals surface area (Å²) in [4.78, 5) is 34.9. The van der Waals surface area contributed by atoms with E-state index in [0.717, 1.165) is 0 Å². The van der Waals surface area contributed by atoms with Gasteiger partial charge in [-0.3, -0.25) is 4.79 Å². The second kappa shape index (κ2) is 14.2. The molecule has 0 saturated carbocycles. The van der Waals surface area contributed by atoms with Crippen molar-refractivity contribution >= 4 is 24.3 Å². The van der Waals surface area contributed by atoms with Crippen LogP contribution in [-0.2, 0) is 14.3 Å². The van der Waals surface area contributed by atoms with E-state index >= 15 is 0 Å². The third-order valence-corrected chi connectivity index (χ3v) is 3.74. The first-order chi connectivity index (χ1) is 15.4. The summed E-state index contributed by atoms with van der Waals surface area (Å²) in [6, 6.07) is 11.2. The minimum atomic E-state index is -0.761. The molecule has 0 unspecified atom stereocenters. The van der Waals surface area contributed by atoms with Crippen LogP contribution in [0.2, 0.25) is 0 Å². The largest absolute Gasteiger partial charge is 0.497 e. The van der Waals surface area contributed by atoms with Crippen LogP contribution >= 0.6 is 0 Å². The van der Waals surface area contributed by atoms with Gasteiger partial charge in [-0.05, 0) is 49.4 Å². The Hall–Kier alpha value is -3.83. The number of benzene rings is 2. The molecule has 2 aromatic rings. The molecule has 0 N–H and O–H groups in total. The lowest BCUT2D eigenvalue weighted by atomic mass is 10.1. The Morgan fingerprint density at radius 3 is 2.09 bits per heavy atom. The highest BCUT2D eigenvalue weighted by Gasteiger charge is 2.11. The van der Waals surface area contributed by atoms with Crippen LogP contribution in [0.15, 0.2) is 53.8 Å². The van der Waals surface area contributed by atoms with E-state index < -0.39 is 11.9 Å². The number of hydrogen-bond acceptors (Lipinski definition) is 7. The highest BCUT2D eigenvalue weighted by Crippen LogP contribution is 2.26. The molecule has 0 saturated heterocycles. The van der Waals surface area contributed by atoms with Crippen LogP contribution < -0.4 is 14.2 Å². The molecule has 2 rings (SSSR count). The SMILES string of the molecule is CCC.CCOC(=O)C(=C=Cc1ccc(OC(=O)c2ccc(OC)cc2)cc1OC)C=O. The average molecular weight is 440 g/mol. The fourth-order valence-corrected chi connectivity index (χ4v) is 2.27. The van der Waals surface area contributed by atoms with Gasteiger partial charge >= 0.3 is 11.9 Å². The maximum absolute atomic E-state index is 12.3. The Bertz CT molecular complexity index is 968. The van der Waals surface area contributed by atoms with Crippen LogP contribution in [0.3, 0.4) is 0 Å². The molecule has 0 fully saturated rings. The summed E-state index contributed by atoms with van der Waals surface area (Å²) in [5, 5.41) is 0. The molecule has 32 heavy (non-hydrogen) atoms. The fourth-order valence-electron chi connectivity index (χ4n) is 2.27. The molecule has 0 aliphatic heterocycles. The van der Waals surface area contributed by atoms with Crippen molar-refractivity contribution in [2.75, 3.05) is 20.8 Å². The maximum Gasteiger partial charge on any atom is 0.349 e. The number of carbonyl (C=O) groups excluding carboxylic acids is 3. The predicted molar refractivity (Wildman–Crippen MR) is 121 cm³/mol. The zero-order valence-corrected chi connectivity index (χ0v) is 19.0. The van der Waals surface area contributed by atoms with Crippen molar-refractivity contribution in [3.05, 3.63) is 64.9 Å². The van der Waals surface area contributed by atoms with Gasteiger partial charge < -0.3 is 18.9 Å². The molecular formula is C25H28O7. The van der Waals surface area contributed by atoms with Gasteiger partial charge in [0.15, 0.2) is 6.29 Å². The molecule has 0 aromatic heterocycles. The van der Waals surface area contributed by atoms with E-state index in [9.17, 15) is 14.4 Å². The summed E-state index contributed by atoms with van der Waals surface area (Å²) >= 11 is 0. The van der Waals surface area contributed by atoms with Crippen molar-refractivity contribution in [2.24, 2.45) is 0 Å². The van der Waals surface area contributed by atoms with E-state index in [4.69, 9.17) is 18.9 Å². The topological polar surface area (TPSA) is 88.1 Å². The van der Waals surface area contributed by atoms with Gasteiger partial charge in [0.2, 0.25) is 0 Å². The van der Waals surface area contributed by atoms with Gasteiger partial charge in [0.05, 0.1) is 26.4 Å². The number of hydrogen-bond donors (Lipinski definition) is 0. The molecule has 0 heterocycles. The van der Waals surface area contributed by atoms with Crippen molar-refractivity contribution in [3.63, 3.8) is 0 Å². The lowest BCUT2D eigenvalue weighted by Crippen LogP contribution is -2.08. The molecular weight excluding hydrogens is 412 g/mol. The minimum Gasteiger partial charge on any atom is -0.497 e. The van der Waals surface area contributed by atoms with Gasteiger partial charge in [0, 0.05) is 11.6 Å². The molecule has 0 aliphatic rings. The highest BCUT2D eigenvalue weighted by molar-refractivity contribution is 6.07. The fraction of sp³-hybridized carbons (Fsp3) is 0.280. The van der Waals surface area contributed by atoms with Gasteiger partial charge in [-0.15, -0.1) is 5.73 Å². The van der Waals surface area contributed by atoms with Crippen molar-refractivity contribution < 1.29 is 33.3 Å². The van der Waals surface area contributed by atoms with Gasteiger partial charge in [-0.1, -0.05) is 20.3 Å². The predicted octanol–water partition coefficient (Wildman–Crippen LogP) is 4.64. The van der Waals surface area contributed by atoms with E-state index in [2.05, 4.69) is 19.6 Å². The molecule has 7 heteroatoms. The second-order valence-corrected chi connectivity index (χ2v) is 6.27. The first-order valence-electron chi connectivity index (χ1n) is 10.1. The molecule has 2 aromatic carbocycles. The number of esters is 2. The minimum absolute atomic E-state index is 0.148. The van der Waals surface area contributed by atoms with Gasteiger partial charge in [0.1, 0.15) is 22.8 Å². The van der Waals surface area contributed by atoms with Crippen LogP contribution in [0.5, 0.6) is 17.2 Å². The lowest BCUT2D eigenvalue weighted by Gasteiger charge is -2.09. The van der Waals surface area contributed by atoms with Crippen LogP contribution in [0.25, 0.3) is 6.08 Å². The quantitative estimate of drug-likeness (QED) is 0.112. The Morgan fingerprint density at radius 2 is 1.56 bits per heavy atom. The molecule has 0 aliphatic carbocycles. The Balaban J connectivity index is 0.00000161. The van der Waals surface area contributed by atoms with E-state index in [1.807, 2.05) is 0 Å². The van der Waals surface area contributed by atoms with E-state index in [1.54, 1.807) is 43.3 Å². The summed E-state index contributed by atoms with van der Waals surface area (Å²) in [6.45, 7) is 6.04. The van der Waals surface area contributed by atoms with Gasteiger partial charge in [0.25, 0.3) is 0 Å². The molecule has 0 atom stereocenters. The van der Waals surface area contributed by atoms with Crippen molar-refractivity contribution in [1.82, 2.24) is 0 Å². The molecule has 170 valence electrons. The Labute approximate surface area is 188 Å². The number of rotatable bonds is 8. The Morgan fingerprint density at radius 1 is 0.938 bits per heavy atom. The summed E-state index contributed by atoms with van der Waals surface area (Å²) in [7, 11) is 2.98. The van der Waals surface area contributed by atoms with Crippen LogP contribution in [-0.4, -0.2) is 39.1 Å². The van der Waals surface area contributed by atoms with E-state index in [-0.39, 0.29) is 17.9 Å². The Kier molecular flexibility index (Phi) is 11.6. The highest BCUT2D eigenvalue weighted by atomic mass is 16.5. The zero-order chi connectivity index (χ0) is 23.9. The van der Waals surface area contributed by atoms with Crippen molar-refractivity contribution in [1.29, 1.82) is 0 Å². The van der Waals surface area contributed by atoms with E-state index in [0.29, 0.717) is 28.9 Å². The van der Waals surface area contributed by atoms with Gasteiger partial charge in [-0.2, -0.15) is 0 Å². The van der Waals surface area contributed by atoms with Crippen molar-refractivity contribution in [3.8, 4) is 17.2 Å². The second-order valence-electron chi connectivity index (χ2n) is 6.27. The molecule has 7 nitrogen and oxygen atoms in total. The molecule has 0 spiro atoms. The zero-order valence-electron chi connectivity index (χ0n) is 19.0. The summed E-state index contributed by atoms with van der Waals surface area (Å²) in [5.74, 6) is -0.0347. The van der Waals surface area contributed by atoms with Crippen LogP contribution in [0, 0.1) is 0 Å². The number of ether oxygens (including phenoxy) is 4. The monoisotopic (exact) mass is 440 g/mol. The summed E-state index contributed by atoms with van der Waals surface area (Å²) in [5.41, 5.74) is 3.24. The van der Waals surface area contributed by atoms with Crippen LogP contribution in [0.1, 0.15) is 43.1 Å². The standard InChI is InChI=1S/C22H20O7.C3H8/c1-4-28-21(24)17(14-23)6-5-15-7-12-19(13-20(15)27-3)29-22(25)16-8-10-18(26-2)11-9-16;1-3-2/h5,7-14H,4H2,1-3H3;3H2,1-2H3. The van der Waals surface area contributed by atoms with E-state index in [1.165, 1.54) is 32.8 Å². The smallest absolute Gasteiger partial charge is 0.349 e. The third kappa shape index (κ3) is 8.13.